The largest absolute Gasteiger partial charge is 0.497 e. The summed E-state index contributed by atoms with van der Waals surface area (Å²) in [7, 11) is 1.51. The maximum atomic E-state index is 13.9. The number of pyridine rings is 1. The van der Waals surface area contributed by atoms with E-state index < -0.39 is 61.2 Å². The number of ether oxygens (including phenoxy) is 4. The summed E-state index contributed by atoms with van der Waals surface area (Å²) in [6.45, 7) is 1.14. The topological polar surface area (TPSA) is 277 Å². The van der Waals surface area contributed by atoms with Gasteiger partial charge in [-0.1, -0.05) is 6.07 Å². The molecule has 0 radical (unpaired) electrons. The molecular weight excluding hydrogens is 925 g/mol. The van der Waals surface area contributed by atoms with Crippen molar-refractivity contribution in [2.45, 2.75) is 18.4 Å². The Balaban J connectivity index is 1.06. The molecule has 0 unspecified atom stereocenters. The third-order valence-corrected chi connectivity index (χ3v) is 11.4. The Morgan fingerprint density at radius 3 is 1.90 bits per heavy atom. The van der Waals surface area contributed by atoms with Crippen LogP contribution in [0.3, 0.4) is 0 Å². The van der Waals surface area contributed by atoms with Crippen molar-refractivity contribution in [3.8, 4) is 28.7 Å². The molecule has 0 saturated carbocycles. The van der Waals surface area contributed by atoms with E-state index in [4.69, 9.17) is 18.9 Å². The molecule has 2 aliphatic heterocycles. The first kappa shape index (κ1) is 54.3. The van der Waals surface area contributed by atoms with Crippen LogP contribution in [-0.4, -0.2) is 231 Å². The third kappa shape index (κ3) is 17.4. The minimum atomic E-state index is -3.19. The summed E-state index contributed by atoms with van der Waals surface area (Å²) >= 11 is 0. The first-order chi connectivity index (χ1) is 33.5. The Hall–Kier alpha value is -6.62. The minimum Gasteiger partial charge on any atom is -0.497 e. The second kappa shape index (κ2) is 27.0. The minimum absolute atomic E-state index is 0.0233. The number of hydrogen-bond acceptors (Lipinski definition) is 16. The average Bonchev–Trinajstić information content (AvgIpc) is 3.65. The van der Waals surface area contributed by atoms with Crippen LogP contribution in [0.25, 0.3) is 22.0 Å². The van der Waals surface area contributed by atoms with Crippen LogP contribution in [0.1, 0.15) is 16.8 Å². The van der Waals surface area contributed by atoms with Crippen molar-refractivity contribution in [3.63, 3.8) is 0 Å². The number of likely N-dealkylation sites (tertiary alicyclic amines) is 1. The Morgan fingerprint density at radius 2 is 1.33 bits per heavy atom. The lowest BCUT2D eigenvalue weighted by atomic mass is 9.99. The number of carbonyl (C=O) groups is 6. The molecular formula is C46H59F2N9O13. The van der Waals surface area contributed by atoms with Crippen molar-refractivity contribution in [1.82, 2.24) is 40.1 Å². The molecule has 0 spiro atoms. The van der Waals surface area contributed by atoms with Crippen molar-refractivity contribution in [2.24, 2.45) is 0 Å². The Kier molecular flexibility index (Phi) is 20.9. The van der Waals surface area contributed by atoms with E-state index in [1.54, 1.807) is 57.2 Å². The number of methoxy groups -OCH3 is 1. The number of carboxylic acid groups (broad SMARTS) is 3. The molecule has 0 aliphatic carbocycles. The number of rotatable bonds is 23. The van der Waals surface area contributed by atoms with Gasteiger partial charge in [0, 0.05) is 88.5 Å². The summed E-state index contributed by atoms with van der Waals surface area (Å²) in [4.78, 5) is 85.6. The SMILES string of the molecule is COc1ccc(-c2ccc3nccc(C(=O)NCC(=O)N4CC(F)(F)C[C@H]4C#N)c3c2)c(OCCOCCOCCNC(=O)CN2CCN(CC(=O)O)CCN(CC(=O)O)CCN(CC(=O)O)CC2)c1. The highest BCUT2D eigenvalue weighted by Crippen LogP contribution is 2.36. The number of alkyl halides is 2. The van der Waals surface area contributed by atoms with Gasteiger partial charge in [0.15, 0.2) is 0 Å². The molecule has 1 aromatic heterocycles. The first-order valence-corrected chi connectivity index (χ1v) is 22.6. The van der Waals surface area contributed by atoms with Gasteiger partial charge in [-0.25, -0.2) is 8.78 Å². The van der Waals surface area contributed by atoms with Gasteiger partial charge in [-0.3, -0.25) is 53.4 Å². The number of benzene rings is 2. The van der Waals surface area contributed by atoms with Crippen LogP contribution in [0.2, 0.25) is 0 Å². The van der Waals surface area contributed by atoms with Crippen LogP contribution in [0, 0.1) is 11.3 Å². The summed E-state index contributed by atoms with van der Waals surface area (Å²) in [5.41, 5.74) is 1.99. The van der Waals surface area contributed by atoms with Crippen LogP contribution >= 0.6 is 0 Å². The molecule has 70 heavy (non-hydrogen) atoms. The van der Waals surface area contributed by atoms with E-state index in [1.165, 1.54) is 19.4 Å². The maximum Gasteiger partial charge on any atom is 0.317 e. The smallest absolute Gasteiger partial charge is 0.317 e. The number of nitrogens with zero attached hydrogens (tertiary/aromatic N) is 7. The Bertz CT molecular complexity index is 2310. The van der Waals surface area contributed by atoms with Gasteiger partial charge in [-0.05, 0) is 35.9 Å². The van der Waals surface area contributed by atoms with E-state index in [0.717, 1.165) is 4.90 Å². The second-order valence-electron chi connectivity index (χ2n) is 16.6. The monoisotopic (exact) mass is 983 g/mol. The average molecular weight is 984 g/mol. The number of fused-ring (bicyclic) bond motifs is 1. The van der Waals surface area contributed by atoms with E-state index in [0.29, 0.717) is 46.6 Å². The predicted molar refractivity (Wildman–Crippen MR) is 246 cm³/mol. The normalized spacial score (nSPS) is 17.5. The highest BCUT2D eigenvalue weighted by atomic mass is 19.3. The molecule has 2 aliphatic rings. The quantitative estimate of drug-likeness (QED) is 0.0805. The number of aliphatic carboxylic acids is 3. The van der Waals surface area contributed by atoms with Crippen LogP contribution in [-0.2, 0) is 33.4 Å². The summed E-state index contributed by atoms with van der Waals surface area (Å²) < 4.78 is 50.7. The Labute approximate surface area is 402 Å². The van der Waals surface area contributed by atoms with Gasteiger partial charge in [0.05, 0.1) is 90.0 Å². The summed E-state index contributed by atoms with van der Waals surface area (Å²) in [5.74, 6) is -7.07. The van der Waals surface area contributed by atoms with Gasteiger partial charge in [-0.2, -0.15) is 5.26 Å². The van der Waals surface area contributed by atoms with Crippen molar-refractivity contribution >= 4 is 46.5 Å². The standard InChI is InChI=1S/C46H59F2N9O13/c1-67-34-3-4-35(32-2-5-38-37(22-32)36(6-7-50-38)45(66)52-26-41(59)57-31-46(47,48)24-33(57)25-49)39(23-34)70-21-20-69-19-18-68-17-8-51-40(58)27-53-9-11-54(28-42(60)61)13-15-56(30-44(64)65)16-14-55(12-10-53)29-43(62)63/h2-7,22-23,33H,8-21,24,26-31H2,1H3,(H,51,58)(H,52,66)(H,60,61)(H,62,63)(H,64,65)/t33-/m0/s1. The highest BCUT2D eigenvalue weighted by Gasteiger charge is 2.47. The Morgan fingerprint density at radius 1 is 0.757 bits per heavy atom. The zero-order valence-corrected chi connectivity index (χ0v) is 38.9. The third-order valence-electron chi connectivity index (χ3n) is 11.4. The zero-order valence-electron chi connectivity index (χ0n) is 38.9. The molecule has 5 rings (SSSR count). The molecule has 0 bridgehead atoms. The van der Waals surface area contributed by atoms with Gasteiger partial charge in [0.2, 0.25) is 11.8 Å². The fourth-order valence-corrected chi connectivity index (χ4v) is 7.89. The number of hydrogen-bond donors (Lipinski definition) is 5. The van der Waals surface area contributed by atoms with Crippen molar-refractivity contribution in [3.05, 3.63) is 54.2 Å². The lowest BCUT2D eigenvalue weighted by Crippen LogP contribution is -2.50. The molecule has 3 amide bonds. The molecule has 3 heterocycles. The molecule has 380 valence electrons. The van der Waals surface area contributed by atoms with Crippen molar-refractivity contribution in [2.75, 3.05) is 138 Å². The van der Waals surface area contributed by atoms with Gasteiger partial charge in [0.1, 0.15) is 24.1 Å². The van der Waals surface area contributed by atoms with Gasteiger partial charge in [-0.15, -0.1) is 0 Å². The van der Waals surface area contributed by atoms with Gasteiger partial charge in [0.25, 0.3) is 11.8 Å². The lowest BCUT2D eigenvalue weighted by molar-refractivity contribution is -0.140. The predicted octanol–water partition coefficient (Wildman–Crippen LogP) is 0.404. The van der Waals surface area contributed by atoms with Crippen LogP contribution in [0.4, 0.5) is 8.78 Å². The van der Waals surface area contributed by atoms with Gasteiger partial charge < -0.3 is 49.8 Å². The fourth-order valence-electron chi connectivity index (χ4n) is 7.89. The molecule has 22 nitrogen and oxygen atoms in total. The van der Waals surface area contributed by atoms with Crippen LogP contribution in [0.5, 0.6) is 11.5 Å². The lowest BCUT2D eigenvalue weighted by Gasteiger charge is -2.32. The number of nitriles is 1. The molecule has 2 fully saturated rings. The van der Waals surface area contributed by atoms with Crippen LogP contribution < -0.4 is 20.1 Å². The number of amides is 3. The number of aromatic nitrogens is 1. The highest BCUT2D eigenvalue weighted by molar-refractivity contribution is 6.07. The molecule has 3 aromatic rings. The maximum absolute atomic E-state index is 13.9. The number of carboxylic acids is 3. The van der Waals surface area contributed by atoms with E-state index in [1.807, 2.05) is 4.90 Å². The van der Waals surface area contributed by atoms with E-state index in [9.17, 15) is 58.1 Å². The number of nitrogens with one attached hydrogen (secondary N) is 2. The molecule has 5 N–H and O–H groups in total. The molecule has 24 heteroatoms. The fraction of sp³-hybridized carbons (Fsp3) is 0.522. The van der Waals surface area contributed by atoms with Gasteiger partial charge >= 0.3 is 17.9 Å². The molecule has 2 saturated heterocycles. The van der Waals surface area contributed by atoms with E-state index in [-0.39, 0.29) is 116 Å². The second-order valence-corrected chi connectivity index (χ2v) is 16.6. The number of carbonyl (C=O) groups excluding carboxylic acids is 3. The molecule has 1 atom stereocenters. The van der Waals surface area contributed by atoms with Crippen molar-refractivity contribution < 1.29 is 71.8 Å². The summed E-state index contributed by atoms with van der Waals surface area (Å²) in [6.07, 6.45) is 0.673. The zero-order chi connectivity index (χ0) is 50.6. The van der Waals surface area contributed by atoms with Crippen molar-refractivity contribution in [1.29, 1.82) is 5.26 Å². The summed E-state index contributed by atoms with van der Waals surface area (Å²) in [6, 6.07) is 12.4. The van der Waals surface area contributed by atoms with Crippen LogP contribution in [0.15, 0.2) is 48.7 Å². The first-order valence-electron chi connectivity index (χ1n) is 22.6. The molecule has 2 aromatic carbocycles. The van der Waals surface area contributed by atoms with E-state index in [2.05, 4.69) is 15.6 Å². The summed E-state index contributed by atoms with van der Waals surface area (Å²) in [5, 5.41) is 43.3. The number of halogens is 2. The van der Waals surface area contributed by atoms with E-state index >= 15 is 0 Å².